The van der Waals surface area contributed by atoms with Crippen molar-refractivity contribution in [2.24, 2.45) is 5.92 Å². The van der Waals surface area contributed by atoms with Gasteiger partial charge in [-0.15, -0.1) is 13.2 Å². The molecule has 0 unspecified atom stereocenters. The van der Waals surface area contributed by atoms with Crippen molar-refractivity contribution in [2.75, 3.05) is 7.11 Å². The zero-order valence-electron chi connectivity index (χ0n) is 18.7. The Bertz CT molecular complexity index is 1270. The number of hydrogen-bond donors (Lipinski definition) is 1. The van der Waals surface area contributed by atoms with Crippen LogP contribution >= 0.6 is 0 Å². The molecule has 3 aromatic rings. The molecule has 35 heavy (non-hydrogen) atoms. The van der Waals surface area contributed by atoms with E-state index >= 15 is 0 Å². The van der Waals surface area contributed by atoms with Gasteiger partial charge in [-0.25, -0.2) is 9.37 Å². The van der Waals surface area contributed by atoms with Crippen LogP contribution in [0.4, 0.5) is 17.6 Å². The molecule has 6 nitrogen and oxygen atoms in total. The summed E-state index contributed by atoms with van der Waals surface area (Å²) in [6, 6.07) is 11.5. The number of ether oxygens (including phenoxy) is 2. The van der Waals surface area contributed by atoms with E-state index in [9.17, 15) is 27.2 Å². The van der Waals surface area contributed by atoms with Gasteiger partial charge in [0.15, 0.2) is 17.3 Å². The first-order chi connectivity index (χ1) is 16.6. The van der Waals surface area contributed by atoms with Gasteiger partial charge in [-0.1, -0.05) is 18.2 Å². The molecule has 0 saturated heterocycles. The molecule has 0 bridgehead atoms. The van der Waals surface area contributed by atoms with E-state index in [0.29, 0.717) is 17.1 Å². The number of H-pyrrole nitrogens is 1. The summed E-state index contributed by atoms with van der Waals surface area (Å²) in [5.41, 5.74) is 0.761. The third kappa shape index (κ3) is 6.46. The molecule has 1 aliphatic rings. The van der Waals surface area contributed by atoms with Crippen molar-refractivity contribution in [1.82, 2.24) is 9.97 Å². The van der Waals surface area contributed by atoms with E-state index in [2.05, 4.69) is 14.7 Å². The molecule has 1 fully saturated rings. The topological polar surface area (TPSA) is 81.3 Å². The Morgan fingerprint density at radius 1 is 1.14 bits per heavy atom. The van der Waals surface area contributed by atoms with Crippen molar-refractivity contribution in [3.8, 4) is 11.5 Å². The SMILES string of the molecule is COc1ccc(Cc2nc(C(=O)C[C@@H](c3ccc(OC(F)(F)F)c(F)c3)C3CC3)cc(=O)[nH]2)cc1. The smallest absolute Gasteiger partial charge is 0.497 e. The summed E-state index contributed by atoms with van der Waals surface area (Å²) < 4.78 is 60.4. The molecule has 4 rings (SSSR count). The average Bonchev–Trinajstić information content (AvgIpc) is 3.63. The lowest BCUT2D eigenvalue weighted by Gasteiger charge is -2.17. The van der Waals surface area contributed by atoms with Crippen LogP contribution < -0.4 is 15.0 Å². The van der Waals surface area contributed by atoms with Gasteiger partial charge in [0.1, 0.15) is 17.3 Å². The van der Waals surface area contributed by atoms with E-state index in [-0.39, 0.29) is 24.5 Å². The highest BCUT2D eigenvalue weighted by Gasteiger charge is 2.36. The quantitative estimate of drug-likeness (QED) is 0.331. The zero-order valence-corrected chi connectivity index (χ0v) is 18.7. The van der Waals surface area contributed by atoms with Gasteiger partial charge in [-0.2, -0.15) is 0 Å². The second-order valence-corrected chi connectivity index (χ2v) is 8.41. The number of hydrogen-bond acceptors (Lipinski definition) is 5. The largest absolute Gasteiger partial charge is 0.573 e. The number of benzene rings is 2. The number of carbonyl (C=O) groups excluding carboxylic acids is 1. The third-order valence-corrected chi connectivity index (χ3v) is 5.81. The number of rotatable bonds is 9. The maximum Gasteiger partial charge on any atom is 0.573 e. The first-order valence-corrected chi connectivity index (χ1v) is 10.9. The molecule has 1 aromatic heterocycles. The molecule has 2 aromatic carbocycles. The van der Waals surface area contributed by atoms with Crippen LogP contribution in [0.2, 0.25) is 0 Å². The number of aromatic nitrogens is 2. The fourth-order valence-electron chi connectivity index (χ4n) is 3.99. The number of alkyl halides is 3. The Balaban J connectivity index is 1.52. The van der Waals surface area contributed by atoms with E-state index < -0.39 is 35.2 Å². The number of Topliss-reactive ketones (excluding diaryl/α,β-unsaturated/α-hetero) is 1. The highest BCUT2D eigenvalue weighted by atomic mass is 19.4. The molecule has 10 heteroatoms. The molecule has 184 valence electrons. The van der Waals surface area contributed by atoms with Crippen molar-refractivity contribution >= 4 is 5.78 Å². The van der Waals surface area contributed by atoms with E-state index in [1.807, 2.05) is 12.1 Å². The molecular weight excluding hydrogens is 468 g/mol. The highest BCUT2D eigenvalue weighted by molar-refractivity contribution is 5.94. The summed E-state index contributed by atoms with van der Waals surface area (Å²) in [6.07, 6.45) is -3.15. The van der Waals surface area contributed by atoms with Gasteiger partial charge in [-0.3, -0.25) is 9.59 Å². The first kappa shape index (κ1) is 24.4. The lowest BCUT2D eigenvalue weighted by molar-refractivity contribution is -0.275. The van der Waals surface area contributed by atoms with E-state index in [1.165, 1.54) is 6.07 Å². The van der Waals surface area contributed by atoms with Crippen LogP contribution in [0.15, 0.2) is 53.3 Å². The molecule has 0 amide bonds. The Morgan fingerprint density at radius 3 is 2.46 bits per heavy atom. The average molecular weight is 490 g/mol. The van der Waals surface area contributed by atoms with Gasteiger partial charge < -0.3 is 14.5 Å². The van der Waals surface area contributed by atoms with Gasteiger partial charge >= 0.3 is 6.36 Å². The Kier molecular flexibility index (Phi) is 6.90. The van der Waals surface area contributed by atoms with Crippen molar-refractivity contribution in [3.05, 3.63) is 87.3 Å². The van der Waals surface area contributed by atoms with Gasteiger partial charge in [0.25, 0.3) is 5.56 Å². The number of aromatic amines is 1. The second-order valence-electron chi connectivity index (χ2n) is 8.41. The highest BCUT2D eigenvalue weighted by Crippen LogP contribution is 2.45. The molecule has 0 aliphatic heterocycles. The van der Waals surface area contributed by atoms with Gasteiger partial charge in [0.05, 0.1) is 7.11 Å². The molecular formula is C25H22F4N2O4. The second kappa shape index (κ2) is 9.89. The Labute approximate surface area is 197 Å². The minimum absolute atomic E-state index is 0.0135. The maximum atomic E-state index is 14.3. The molecule has 1 N–H and O–H groups in total. The zero-order chi connectivity index (χ0) is 25.2. The summed E-state index contributed by atoms with van der Waals surface area (Å²) in [5.74, 6) is -1.82. The third-order valence-electron chi connectivity index (χ3n) is 5.81. The number of methoxy groups -OCH3 is 1. The van der Waals surface area contributed by atoms with Crippen LogP contribution in [0.1, 0.15) is 52.6 Å². The number of halogens is 4. The van der Waals surface area contributed by atoms with Gasteiger partial charge in [0.2, 0.25) is 0 Å². The van der Waals surface area contributed by atoms with E-state index in [0.717, 1.165) is 36.6 Å². The lowest BCUT2D eigenvalue weighted by Crippen LogP contribution is -2.19. The standard InChI is InChI=1S/C25H22F4N2O4/c1-34-17-7-2-14(3-8-17)10-23-30-20(13-24(33)31-23)21(32)12-18(15-4-5-15)16-6-9-22(19(26)11-16)35-25(27,28)29/h2-3,6-9,11,13,15,18H,4-5,10,12H2,1H3,(H,30,31,33)/t18-/m1/s1. The van der Waals surface area contributed by atoms with E-state index in [4.69, 9.17) is 4.74 Å². The number of ketones is 1. The predicted molar refractivity (Wildman–Crippen MR) is 118 cm³/mol. The van der Waals surface area contributed by atoms with Crippen molar-refractivity contribution in [2.45, 2.75) is 38.0 Å². The Morgan fingerprint density at radius 2 is 1.86 bits per heavy atom. The first-order valence-electron chi connectivity index (χ1n) is 10.9. The number of nitrogens with zero attached hydrogens (tertiary/aromatic N) is 1. The van der Waals surface area contributed by atoms with Gasteiger partial charge in [0, 0.05) is 18.9 Å². The fourth-order valence-corrected chi connectivity index (χ4v) is 3.99. The summed E-state index contributed by atoms with van der Waals surface area (Å²) in [7, 11) is 1.55. The van der Waals surface area contributed by atoms with Crippen LogP contribution in [0.5, 0.6) is 11.5 Å². The van der Waals surface area contributed by atoms with Crippen LogP contribution in [0.3, 0.4) is 0 Å². The molecule has 1 saturated carbocycles. The van der Waals surface area contributed by atoms with Crippen molar-refractivity contribution in [3.63, 3.8) is 0 Å². The summed E-state index contributed by atoms with van der Waals surface area (Å²) >= 11 is 0. The number of carbonyl (C=O) groups is 1. The van der Waals surface area contributed by atoms with Crippen molar-refractivity contribution in [1.29, 1.82) is 0 Å². The van der Waals surface area contributed by atoms with Crippen LogP contribution in [-0.2, 0) is 6.42 Å². The number of nitrogens with one attached hydrogen (secondary N) is 1. The molecule has 1 heterocycles. The van der Waals surface area contributed by atoms with Gasteiger partial charge in [-0.05, 0) is 60.1 Å². The van der Waals surface area contributed by atoms with Crippen LogP contribution in [0.25, 0.3) is 0 Å². The normalized spacial score (nSPS) is 14.4. The predicted octanol–water partition coefficient (Wildman–Crippen LogP) is 5.17. The van der Waals surface area contributed by atoms with Crippen LogP contribution in [0, 0.1) is 11.7 Å². The summed E-state index contributed by atoms with van der Waals surface area (Å²) in [5, 5.41) is 0. The molecule has 1 aliphatic carbocycles. The summed E-state index contributed by atoms with van der Waals surface area (Å²) in [6.45, 7) is 0. The Hall–Kier alpha value is -3.69. The lowest BCUT2D eigenvalue weighted by atomic mass is 9.88. The van der Waals surface area contributed by atoms with Crippen LogP contribution in [-0.4, -0.2) is 29.2 Å². The fraction of sp³-hybridized carbons (Fsp3) is 0.320. The maximum absolute atomic E-state index is 14.3. The molecule has 0 radical (unpaired) electrons. The minimum Gasteiger partial charge on any atom is -0.497 e. The summed E-state index contributed by atoms with van der Waals surface area (Å²) in [4.78, 5) is 32.2. The minimum atomic E-state index is -5.01. The molecule has 1 atom stereocenters. The molecule has 0 spiro atoms. The monoisotopic (exact) mass is 490 g/mol. The van der Waals surface area contributed by atoms with Crippen molar-refractivity contribution < 1.29 is 31.8 Å². The van der Waals surface area contributed by atoms with E-state index in [1.54, 1.807) is 19.2 Å².